The van der Waals surface area contributed by atoms with E-state index >= 15 is 0 Å². The summed E-state index contributed by atoms with van der Waals surface area (Å²) >= 11 is 1.29. The summed E-state index contributed by atoms with van der Waals surface area (Å²) in [5, 5.41) is 3.36. The van der Waals surface area contributed by atoms with Crippen LogP contribution in [0.1, 0.15) is 31.2 Å². The van der Waals surface area contributed by atoms with Crippen molar-refractivity contribution in [2.24, 2.45) is 5.73 Å². The third-order valence-electron chi connectivity index (χ3n) is 4.02. The summed E-state index contributed by atoms with van der Waals surface area (Å²) in [5.41, 5.74) is 7.28. The molecule has 0 spiro atoms. The Bertz CT molecular complexity index is 965. The normalized spacial score (nSPS) is 10.8. The van der Waals surface area contributed by atoms with Gasteiger partial charge in [0.05, 0.1) is 4.88 Å². The van der Waals surface area contributed by atoms with Crippen LogP contribution in [0, 0.1) is 12.7 Å². The highest BCUT2D eigenvalue weighted by Gasteiger charge is 2.17. The quantitative estimate of drug-likeness (QED) is 0.735. The molecule has 3 aromatic rings. The maximum Gasteiger partial charge on any atom is 0.261 e. The van der Waals surface area contributed by atoms with Gasteiger partial charge in [0.2, 0.25) is 5.91 Å². The summed E-state index contributed by atoms with van der Waals surface area (Å²) < 4.78 is 14.7. The molecule has 0 aliphatic rings. The summed E-state index contributed by atoms with van der Waals surface area (Å²) in [6.07, 6.45) is 0.575. The van der Waals surface area contributed by atoms with Gasteiger partial charge in [-0.05, 0) is 48.7 Å². The molecule has 128 valence electrons. The Labute approximate surface area is 148 Å². The van der Waals surface area contributed by atoms with Crippen molar-refractivity contribution < 1.29 is 14.0 Å². The second kappa shape index (κ2) is 7.03. The first kappa shape index (κ1) is 17.1. The van der Waals surface area contributed by atoms with Crippen LogP contribution in [0.4, 0.5) is 4.39 Å². The van der Waals surface area contributed by atoms with E-state index in [4.69, 9.17) is 5.73 Å². The molecule has 0 saturated heterocycles. The van der Waals surface area contributed by atoms with Gasteiger partial charge >= 0.3 is 0 Å². The van der Waals surface area contributed by atoms with Gasteiger partial charge in [-0.15, -0.1) is 11.3 Å². The number of hydrogen-bond donors (Lipinski definition) is 2. The van der Waals surface area contributed by atoms with Gasteiger partial charge in [-0.2, -0.15) is 0 Å². The van der Waals surface area contributed by atoms with Crippen LogP contribution in [-0.4, -0.2) is 18.4 Å². The first-order valence-corrected chi connectivity index (χ1v) is 8.63. The van der Waals surface area contributed by atoms with E-state index in [9.17, 15) is 14.0 Å². The van der Waals surface area contributed by atoms with Gasteiger partial charge < -0.3 is 11.1 Å². The summed E-state index contributed by atoms with van der Waals surface area (Å²) in [4.78, 5) is 24.1. The highest BCUT2D eigenvalue weighted by atomic mass is 32.1. The summed E-state index contributed by atoms with van der Waals surface area (Å²) in [6.45, 7) is 2.17. The Balaban J connectivity index is 1.69. The number of carbonyl (C=O) groups excluding carboxylic acids is 2. The Hall–Kier alpha value is -2.73. The number of nitrogens with one attached hydrogen (secondary N) is 1. The number of aryl methyl sites for hydroxylation is 1. The van der Waals surface area contributed by atoms with Gasteiger partial charge in [0.25, 0.3) is 5.91 Å². The lowest BCUT2D eigenvalue weighted by Gasteiger charge is -2.06. The van der Waals surface area contributed by atoms with E-state index in [-0.39, 0.29) is 11.7 Å². The summed E-state index contributed by atoms with van der Waals surface area (Å²) in [5.74, 6) is -1.01. The Kier molecular flexibility index (Phi) is 4.81. The van der Waals surface area contributed by atoms with Crippen LogP contribution >= 0.6 is 11.3 Å². The third-order valence-corrected chi connectivity index (χ3v) is 5.28. The van der Waals surface area contributed by atoms with Gasteiger partial charge in [0, 0.05) is 22.2 Å². The Morgan fingerprint density at radius 2 is 1.96 bits per heavy atom. The van der Waals surface area contributed by atoms with Gasteiger partial charge in [-0.3, -0.25) is 9.59 Å². The standard InChI is InChI=1S/C19H17FN2O2S/c1-11-16-14(20)6-3-7-15(16)25-17(11)19(24)22-9-8-12-4-2-5-13(10-12)18(21)23/h2-7,10H,8-9H2,1H3,(H2,21,23)(H,22,24). The van der Waals surface area contributed by atoms with Crippen molar-refractivity contribution in [3.8, 4) is 0 Å². The molecule has 0 unspecified atom stereocenters. The van der Waals surface area contributed by atoms with E-state index in [1.54, 1.807) is 31.2 Å². The molecule has 4 nitrogen and oxygen atoms in total. The molecule has 2 amide bonds. The first-order valence-electron chi connectivity index (χ1n) is 7.82. The molecule has 0 aliphatic carbocycles. The third kappa shape index (κ3) is 3.53. The number of nitrogens with two attached hydrogens (primary N) is 1. The van der Waals surface area contributed by atoms with Gasteiger partial charge in [0.15, 0.2) is 0 Å². The van der Waals surface area contributed by atoms with Crippen molar-refractivity contribution in [3.05, 3.63) is 69.8 Å². The van der Waals surface area contributed by atoms with E-state index in [0.717, 1.165) is 10.3 Å². The fraction of sp³-hybridized carbons (Fsp3) is 0.158. The van der Waals surface area contributed by atoms with E-state index in [1.807, 2.05) is 12.1 Å². The number of rotatable bonds is 5. The molecule has 2 aromatic carbocycles. The molecule has 25 heavy (non-hydrogen) atoms. The zero-order chi connectivity index (χ0) is 18.0. The average Bonchev–Trinajstić information content (AvgIpc) is 2.93. The smallest absolute Gasteiger partial charge is 0.261 e. The van der Waals surface area contributed by atoms with E-state index in [0.29, 0.717) is 34.4 Å². The minimum absolute atomic E-state index is 0.218. The predicted molar refractivity (Wildman–Crippen MR) is 97.5 cm³/mol. The molecular formula is C19H17FN2O2S. The predicted octanol–water partition coefficient (Wildman–Crippen LogP) is 3.42. The number of halogens is 1. The van der Waals surface area contributed by atoms with Crippen molar-refractivity contribution in [3.63, 3.8) is 0 Å². The average molecular weight is 356 g/mol. The molecule has 0 radical (unpaired) electrons. The van der Waals surface area contributed by atoms with E-state index in [1.165, 1.54) is 17.4 Å². The number of benzene rings is 2. The SMILES string of the molecule is Cc1c(C(=O)NCCc2cccc(C(N)=O)c2)sc2cccc(F)c12. The lowest BCUT2D eigenvalue weighted by atomic mass is 10.1. The molecular weight excluding hydrogens is 339 g/mol. The van der Waals surface area contributed by atoms with Crippen LogP contribution in [0.5, 0.6) is 0 Å². The molecule has 0 saturated carbocycles. The minimum atomic E-state index is -0.478. The monoisotopic (exact) mass is 356 g/mol. The Morgan fingerprint density at radius 3 is 2.68 bits per heavy atom. The molecule has 0 fully saturated rings. The molecule has 1 aromatic heterocycles. The fourth-order valence-corrected chi connectivity index (χ4v) is 3.89. The van der Waals surface area contributed by atoms with Crippen LogP contribution in [0.25, 0.3) is 10.1 Å². The second-order valence-electron chi connectivity index (χ2n) is 5.74. The molecule has 6 heteroatoms. The molecule has 3 N–H and O–H groups in total. The highest BCUT2D eigenvalue weighted by Crippen LogP contribution is 2.32. The Morgan fingerprint density at radius 1 is 1.20 bits per heavy atom. The molecule has 0 bridgehead atoms. The minimum Gasteiger partial charge on any atom is -0.366 e. The van der Waals surface area contributed by atoms with Crippen LogP contribution in [0.15, 0.2) is 42.5 Å². The fourth-order valence-electron chi connectivity index (χ4n) is 2.75. The van der Waals surface area contributed by atoms with Crippen molar-refractivity contribution in [2.45, 2.75) is 13.3 Å². The zero-order valence-electron chi connectivity index (χ0n) is 13.6. The van der Waals surface area contributed by atoms with Crippen molar-refractivity contribution in [1.82, 2.24) is 5.32 Å². The molecule has 0 atom stereocenters. The van der Waals surface area contributed by atoms with E-state index in [2.05, 4.69) is 5.32 Å². The zero-order valence-corrected chi connectivity index (χ0v) is 14.5. The van der Waals surface area contributed by atoms with Crippen molar-refractivity contribution >= 4 is 33.2 Å². The number of carbonyl (C=O) groups is 2. The molecule has 3 rings (SSSR count). The molecule has 1 heterocycles. The topological polar surface area (TPSA) is 72.2 Å². The lowest BCUT2D eigenvalue weighted by molar-refractivity contribution is 0.0955. The second-order valence-corrected chi connectivity index (χ2v) is 6.79. The van der Waals surface area contributed by atoms with Gasteiger partial charge in [-0.25, -0.2) is 4.39 Å². The van der Waals surface area contributed by atoms with Gasteiger partial charge in [-0.1, -0.05) is 18.2 Å². The number of thiophene rings is 1. The lowest BCUT2D eigenvalue weighted by Crippen LogP contribution is -2.25. The van der Waals surface area contributed by atoms with E-state index < -0.39 is 5.91 Å². The largest absolute Gasteiger partial charge is 0.366 e. The van der Waals surface area contributed by atoms with Crippen LogP contribution in [0.3, 0.4) is 0 Å². The van der Waals surface area contributed by atoms with Crippen LogP contribution < -0.4 is 11.1 Å². The summed E-state index contributed by atoms with van der Waals surface area (Å²) in [6, 6.07) is 11.8. The first-order chi connectivity index (χ1) is 12.0. The number of amides is 2. The van der Waals surface area contributed by atoms with Crippen LogP contribution in [-0.2, 0) is 6.42 Å². The highest BCUT2D eigenvalue weighted by molar-refractivity contribution is 7.21. The van der Waals surface area contributed by atoms with Crippen LogP contribution in [0.2, 0.25) is 0 Å². The maximum atomic E-state index is 13.9. The number of hydrogen-bond acceptors (Lipinski definition) is 3. The van der Waals surface area contributed by atoms with Crippen molar-refractivity contribution in [2.75, 3.05) is 6.54 Å². The van der Waals surface area contributed by atoms with Gasteiger partial charge in [0.1, 0.15) is 5.82 Å². The summed E-state index contributed by atoms with van der Waals surface area (Å²) in [7, 11) is 0. The molecule has 0 aliphatic heterocycles. The maximum absolute atomic E-state index is 13.9. The number of primary amides is 1. The van der Waals surface area contributed by atoms with Crippen molar-refractivity contribution in [1.29, 1.82) is 0 Å². The number of fused-ring (bicyclic) bond motifs is 1.